The average Bonchev–Trinajstić information content (AvgIpc) is 3.11. The molecule has 0 amide bonds. The third-order valence-electron chi connectivity index (χ3n) is 4.42. The van der Waals surface area contributed by atoms with E-state index in [1.165, 1.54) is 0 Å². The molecule has 1 heterocycles. The second-order valence-electron chi connectivity index (χ2n) is 6.14. The highest BCUT2D eigenvalue weighted by atomic mass is 35.5. The zero-order valence-corrected chi connectivity index (χ0v) is 15.8. The number of tetrazole rings is 1. The van der Waals surface area contributed by atoms with Gasteiger partial charge in [-0.2, -0.15) is 4.68 Å². The van der Waals surface area contributed by atoms with Crippen LogP contribution in [0.1, 0.15) is 28.9 Å². The molecule has 0 saturated heterocycles. The Balaban J connectivity index is 1.74. The molecule has 140 valence electrons. The van der Waals surface area contributed by atoms with E-state index in [1.54, 1.807) is 16.8 Å². The lowest BCUT2D eigenvalue weighted by Crippen LogP contribution is -2.08. The van der Waals surface area contributed by atoms with Crippen LogP contribution in [0.2, 0.25) is 5.02 Å². The van der Waals surface area contributed by atoms with E-state index >= 15 is 0 Å². The maximum atomic E-state index is 10.8. The maximum absolute atomic E-state index is 10.8. The summed E-state index contributed by atoms with van der Waals surface area (Å²) in [7, 11) is 0. The summed E-state index contributed by atoms with van der Waals surface area (Å²) in [6.45, 7) is 4.12. The first-order chi connectivity index (χ1) is 13.0. The summed E-state index contributed by atoms with van der Waals surface area (Å²) in [6, 6.07) is 11.0. The molecule has 0 aliphatic carbocycles. The lowest BCUT2D eigenvalue weighted by Gasteiger charge is -2.14. The van der Waals surface area contributed by atoms with Gasteiger partial charge < -0.3 is 9.84 Å². The van der Waals surface area contributed by atoms with Crippen LogP contribution in [0.3, 0.4) is 0 Å². The third kappa shape index (κ3) is 4.43. The molecule has 3 rings (SSSR count). The summed E-state index contributed by atoms with van der Waals surface area (Å²) in [5.41, 5.74) is 3.81. The van der Waals surface area contributed by atoms with Gasteiger partial charge in [0.2, 0.25) is 0 Å². The predicted molar refractivity (Wildman–Crippen MR) is 100 cm³/mol. The second-order valence-corrected chi connectivity index (χ2v) is 6.58. The minimum Gasteiger partial charge on any atom is -0.485 e. The molecule has 8 heteroatoms. The van der Waals surface area contributed by atoms with Crippen molar-refractivity contribution >= 4 is 17.6 Å². The number of benzene rings is 2. The van der Waals surface area contributed by atoms with Crippen molar-refractivity contribution in [1.82, 2.24) is 20.2 Å². The topological polar surface area (TPSA) is 90.1 Å². The first kappa shape index (κ1) is 18.8. The molecule has 0 spiro atoms. The van der Waals surface area contributed by atoms with Gasteiger partial charge in [-0.3, -0.25) is 4.79 Å². The lowest BCUT2D eigenvalue weighted by atomic mass is 9.99. The normalized spacial score (nSPS) is 10.8. The zero-order valence-electron chi connectivity index (χ0n) is 15.0. The van der Waals surface area contributed by atoms with Crippen molar-refractivity contribution in [3.8, 4) is 11.4 Å². The SMILES string of the molecule is Cc1c(CCC(=O)O)ccc(OCc2nnnn2-c2ccc(Cl)cc2)c1C. The number of rotatable bonds is 7. The molecule has 0 atom stereocenters. The smallest absolute Gasteiger partial charge is 0.303 e. The number of carboxylic acid groups (broad SMARTS) is 1. The van der Waals surface area contributed by atoms with Crippen molar-refractivity contribution in [2.24, 2.45) is 0 Å². The Morgan fingerprint density at radius 1 is 1.15 bits per heavy atom. The van der Waals surface area contributed by atoms with E-state index in [0.29, 0.717) is 17.3 Å². The highest BCUT2D eigenvalue weighted by molar-refractivity contribution is 6.30. The highest BCUT2D eigenvalue weighted by Gasteiger charge is 2.12. The van der Waals surface area contributed by atoms with Gasteiger partial charge >= 0.3 is 5.97 Å². The number of carbonyl (C=O) groups is 1. The summed E-state index contributed by atoms with van der Waals surface area (Å²) in [5, 5.41) is 21.2. The molecule has 0 radical (unpaired) electrons. The van der Waals surface area contributed by atoms with Crippen molar-refractivity contribution in [2.75, 3.05) is 0 Å². The molecule has 2 aromatic carbocycles. The van der Waals surface area contributed by atoms with E-state index in [9.17, 15) is 4.79 Å². The number of aliphatic carboxylic acids is 1. The molecule has 0 aliphatic rings. The van der Waals surface area contributed by atoms with Gasteiger partial charge in [-0.25, -0.2) is 0 Å². The number of hydrogen-bond donors (Lipinski definition) is 1. The van der Waals surface area contributed by atoms with E-state index in [0.717, 1.165) is 28.1 Å². The molecular formula is C19H19ClN4O3. The van der Waals surface area contributed by atoms with Crippen LogP contribution in [0.4, 0.5) is 0 Å². The van der Waals surface area contributed by atoms with E-state index in [-0.39, 0.29) is 13.0 Å². The van der Waals surface area contributed by atoms with Gasteiger partial charge in [0, 0.05) is 11.4 Å². The lowest BCUT2D eigenvalue weighted by molar-refractivity contribution is -0.136. The van der Waals surface area contributed by atoms with Gasteiger partial charge in [-0.05, 0) is 77.7 Å². The van der Waals surface area contributed by atoms with E-state index in [2.05, 4.69) is 15.5 Å². The van der Waals surface area contributed by atoms with Crippen molar-refractivity contribution < 1.29 is 14.6 Å². The van der Waals surface area contributed by atoms with Gasteiger partial charge in [-0.15, -0.1) is 5.10 Å². The van der Waals surface area contributed by atoms with Crippen molar-refractivity contribution in [3.05, 3.63) is 63.9 Å². The van der Waals surface area contributed by atoms with Crippen molar-refractivity contribution in [3.63, 3.8) is 0 Å². The number of aromatic nitrogens is 4. The summed E-state index contributed by atoms with van der Waals surface area (Å²) < 4.78 is 7.52. The van der Waals surface area contributed by atoms with Gasteiger partial charge in [0.05, 0.1) is 5.69 Å². The Kier molecular flexibility index (Phi) is 5.71. The van der Waals surface area contributed by atoms with Crippen LogP contribution in [-0.4, -0.2) is 31.3 Å². The minimum atomic E-state index is -0.804. The first-order valence-electron chi connectivity index (χ1n) is 8.42. The van der Waals surface area contributed by atoms with Crippen LogP contribution < -0.4 is 4.74 Å². The molecule has 3 aromatic rings. The van der Waals surface area contributed by atoms with Gasteiger partial charge in [0.25, 0.3) is 0 Å². The number of aryl methyl sites for hydroxylation is 1. The van der Waals surface area contributed by atoms with Crippen LogP contribution in [0.15, 0.2) is 36.4 Å². The molecular weight excluding hydrogens is 368 g/mol. The van der Waals surface area contributed by atoms with Crippen LogP contribution in [0.25, 0.3) is 5.69 Å². The molecule has 0 saturated carbocycles. The number of ether oxygens (including phenoxy) is 1. The van der Waals surface area contributed by atoms with Gasteiger partial charge in [0.15, 0.2) is 5.82 Å². The van der Waals surface area contributed by atoms with Crippen LogP contribution >= 0.6 is 11.6 Å². The Morgan fingerprint density at radius 3 is 2.59 bits per heavy atom. The minimum absolute atomic E-state index is 0.107. The number of nitrogens with zero attached hydrogens (tertiary/aromatic N) is 4. The number of carboxylic acids is 1. The molecule has 27 heavy (non-hydrogen) atoms. The monoisotopic (exact) mass is 386 g/mol. The van der Waals surface area contributed by atoms with E-state index in [4.69, 9.17) is 21.4 Å². The molecule has 1 N–H and O–H groups in total. The summed E-state index contributed by atoms with van der Waals surface area (Å²) >= 11 is 5.92. The average molecular weight is 387 g/mol. The number of hydrogen-bond acceptors (Lipinski definition) is 5. The van der Waals surface area contributed by atoms with E-state index < -0.39 is 5.97 Å². The van der Waals surface area contributed by atoms with Gasteiger partial charge in [0.1, 0.15) is 12.4 Å². The van der Waals surface area contributed by atoms with Crippen molar-refractivity contribution in [2.45, 2.75) is 33.3 Å². The zero-order chi connectivity index (χ0) is 19.4. The highest BCUT2D eigenvalue weighted by Crippen LogP contribution is 2.26. The molecule has 1 aromatic heterocycles. The predicted octanol–water partition coefficient (Wildman–Crippen LogP) is 3.53. The van der Waals surface area contributed by atoms with Crippen molar-refractivity contribution in [1.29, 1.82) is 0 Å². The number of halogens is 1. The standard InChI is InChI=1S/C19H19ClN4O3/c1-12-13(2)17(9-3-14(12)4-10-19(25)26)27-11-18-21-22-23-24(18)16-7-5-15(20)6-8-16/h3,5-9H,4,10-11H2,1-2H3,(H,25,26). The second kappa shape index (κ2) is 8.18. The largest absolute Gasteiger partial charge is 0.485 e. The molecule has 0 bridgehead atoms. The Bertz CT molecular complexity index is 954. The summed E-state index contributed by atoms with van der Waals surface area (Å²) in [4.78, 5) is 10.8. The van der Waals surface area contributed by atoms with E-state index in [1.807, 2.05) is 38.1 Å². The fourth-order valence-electron chi connectivity index (χ4n) is 2.74. The summed E-state index contributed by atoms with van der Waals surface area (Å²) in [5.74, 6) is 0.475. The Hall–Kier alpha value is -2.93. The maximum Gasteiger partial charge on any atom is 0.303 e. The van der Waals surface area contributed by atoms with Crippen LogP contribution in [-0.2, 0) is 17.8 Å². The fourth-order valence-corrected chi connectivity index (χ4v) is 2.87. The Labute approximate surface area is 161 Å². The molecule has 0 aliphatic heterocycles. The quantitative estimate of drug-likeness (QED) is 0.668. The first-order valence-corrected chi connectivity index (χ1v) is 8.80. The molecule has 0 fully saturated rings. The summed E-state index contributed by atoms with van der Waals surface area (Å²) in [6.07, 6.45) is 0.605. The fraction of sp³-hybridized carbons (Fsp3) is 0.263. The van der Waals surface area contributed by atoms with Crippen LogP contribution in [0.5, 0.6) is 5.75 Å². The molecule has 7 nitrogen and oxygen atoms in total. The Morgan fingerprint density at radius 2 is 1.89 bits per heavy atom. The van der Waals surface area contributed by atoms with Gasteiger partial charge in [-0.1, -0.05) is 17.7 Å². The third-order valence-corrected chi connectivity index (χ3v) is 4.67. The van der Waals surface area contributed by atoms with Crippen LogP contribution in [0, 0.1) is 13.8 Å². The molecule has 0 unspecified atom stereocenters.